The van der Waals surface area contributed by atoms with Gasteiger partial charge in [-0.25, -0.2) is 29.2 Å². The second-order valence-electron chi connectivity index (χ2n) is 9.84. The summed E-state index contributed by atoms with van der Waals surface area (Å²) in [6, 6.07) is 23.4. The van der Waals surface area contributed by atoms with E-state index in [1.807, 2.05) is 12.1 Å². The van der Waals surface area contributed by atoms with E-state index in [0.717, 1.165) is 19.4 Å². The van der Waals surface area contributed by atoms with Crippen LogP contribution in [0, 0.1) is 0 Å². The van der Waals surface area contributed by atoms with Gasteiger partial charge in [-0.15, -0.1) is 0 Å². The molecule has 2 aromatic heterocycles. The van der Waals surface area contributed by atoms with E-state index in [1.54, 1.807) is 42.7 Å². The fraction of sp³-hybridized carbons (Fsp3) is 0.138. The zero-order valence-corrected chi connectivity index (χ0v) is 25.7. The average Bonchev–Trinajstić information content (AvgIpc) is 3.42. The van der Waals surface area contributed by atoms with Crippen LogP contribution in [0.4, 0.5) is 0 Å². The summed E-state index contributed by atoms with van der Waals surface area (Å²) in [5, 5.41) is 0.206. The summed E-state index contributed by atoms with van der Waals surface area (Å²) in [6.07, 6.45) is 3.30. The van der Waals surface area contributed by atoms with Crippen molar-refractivity contribution in [2.24, 2.45) is 0 Å². The number of pyridine rings is 1. The van der Waals surface area contributed by atoms with Crippen molar-refractivity contribution >= 4 is 52.6 Å². The summed E-state index contributed by atoms with van der Waals surface area (Å²) >= 11 is 6.14. The van der Waals surface area contributed by atoms with Crippen molar-refractivity contribution in [3.05, 3.63) is 108 Å². The summed E-state index contributed by atoms with van der Waals surface area (Å²) in [7, 11) is -12.6. The molecule has 0 amide bonds. The Bertz CT molecular complexity index is 2130. The molecule has 0 atom stereocenters. The number of fused-ring (bicyclic) bond motifs is 1. The molecular formula is C29H25ClN4O6S3. The number of halogens is 1. The van der Waals surface area contributed by atoms with E-state index in [1.165, 1.54) is 52.8 Å². The number of hydrogen-bond acceptors (Lipinski definition) is 7. The normalized spacial score (nSPS) is 15.6. The number of benzene rings is 3. The minimum atomic E-state index is -4.38. The van der Waals surface area contributed by atoms with Gasteiger partial charge in [0.25, 0.3) is 20.0 Å². The Morgan fingerprint density at radius 2 is 1.14 bits per heavy atom. The second kappa shape index (κ2) is 11.2. The van der Waals surface area contributed by atoms with E-state index < -0.39 is 35.1 Å². The zero-order valence-electron chi connectivity index (χ0n) is 22.5. The fourth-order valence-electron chi connectivity index (χ4n) is 5.06. The van der Waals surface area contributed by atoms with Crippen LogP contribution >= 0.6 is 11.6 Å². The molecule has 0 spiro atoms. The molecule has 1 aliphatic rings. The van der Waals surface area contributed by atoms with Gasteiger partial charge in [0.2, 0.25) is 10.0 Å². The van der Waals surface area contributed by atoms with Crippen molar-refractivity contribution in [3.63, 3.8) is 0 Å². The maximum absolute atomic E-state index is 14.0. The summed E-state index contributed by atoms with van der Waals surface area (Å²) in [6.45, 7) is -0.537. The van der Waals surface area contributed by atoms with Crippen molar-refractivity contribution in [3.8, 4) is 11.1 Å². The molecule has 43 heavy (non-hydrogen) atoms. The first kappa shape index (κ1) is 29.5. The third-order valence-electron chi connectivity index (χ3n) is 7.28. The molecule has 14 heteroatoms. The topological polar surface area (TPSA) is 127 Å². The van der Waals surface area contributed by atoms with Crippen molar-refractivity contribution < 1.29 is 25.3 Å². The maximum atomic E-state index is 14.0. The highest BCUT2D eigenvalue weighted by molar-refractivity contribution is 7.92. The van der Waals surface area contributed by atoms with E-state index in [0.29, 0.717) is 10.4 Å². The van der Waals surface area contributed by atoms with Gasteiger partial charge in [-0.1, -0.05) is 41.9 Å². The summed E-state index contributed by atoms with van der Waals surface area (Å²) in [5.74, 6) is 0. The zero-order chi connectivity index (χ0) is 30.4. The van der Waals surface area contributed by atoms with Crippen LogP contribution < -0.4 is 0 Å². The van der Waals surface area contributed by atoms with E-state index in [4.69, 9.17) is 11.6 Å². The summed E-state index contributed by atoms with van der Waals surface area (Å²) in [4.78, 5) is 4.00. The number of nitrogens with zero attached hydrogens (tertiary/aromatic N) is 4. The van der Waals surface area contributed by atoms with Gasteiger partial charge in [0.1, 0.15) is 0 Å². The van der Waals surface area contributed by atoms with Gasteiger partial charge in [-0.3, -0.25) is 4.98 Å². The number of hydrogen-bond donors (Lipinski definition) is 0. The van der Waals surface area contributed by atoms with Gasteiger partial charge in [0.05, 0.1) is 15.3 Å². The molecule has 1 fully saturated rings. The lowest BCUT2D eigenvalue weighted by Gasteiger charge is -2.33. The highest BCUT2D eigenvalue weighted by atomic mass is 35.5. The Labute approximate surface area is 254 Å². The van der Waals surface area contributed by atoms with Gasteiger partial charge in [0, 0.05) is 49.0 Å². The van der Waals surface area contributed by atoms with Crippen LogP contribution in [0.2, 0.25) is 5.02 Å². The Hall–Kier alpha value is -3.59. The van der Waals surface area contributed by atoms with Crippen LogP contribution in [0.15, 0.2) is 118 Å². The van der Waals surface area contributed by atoms with Crippen LogP contribution in [-0.4, -0.2) is 69.0 Å². The molecule has 222 valence electrons. The Morgan fingerprint density at radius 1 is 0.581 bits per heavy atom. The average molecular weight is 657 g/mol. The molecule has 5 aromatic rings. The van der Waals surface area contributed by atoms with Gasteiger partial charge >= 0.3 is 0 Å². The number of sulfonamides is 2. The number of aromatic nitrogens is 2. The summed E-state index contributed by atoms with van der Waals surface area (Å²) < 4.78 is 85.4. The Kier molecular flexibility index (Phi) is 7.65. The third kappa shape index (κ3) is 5.37. The molecule has 0 N–H and O–H groups in total. The molecule has 10 nitrogen and oxygen atoms in total. The highest BCUT2D eigenvalue weighted by Gasteiger charge is 2.38. The van der Waals surface area contributed by atoms with Crippen LogP contribution in [0.3, 0.4) is 0 Å². The predicted octanol–water partition coefficient (Wildman–Crippen LogP) is 4.29. The van der Waals surface area contributed by atoms with Crippen molar-refractivity contribution in [1.29, 1.82) is 0 Å². The van der Waals surface area contributed by atoms with E-state index in [9.17, 15) is 25.3 Å². The molecule has 3 heterocycles. The molecule has 1 aliphatic heterocycles. The van der Waals surface area contributed by atoms with Crippen molar-refractivity contribution in [1.82, 2.24) is 17.6 Å². The maximum Gasteiger partial charge on any atom is 0.269 e. The van der Waals surface area contributed by atoms with Crippen LogP contribution in [-0.2, 0) is 30.1 Å². The van der Waals surface area contributed by atoms with E-state index in [2.05, 4.69) is 4.98 Å². The lowest BCUT2D eigenvalue weighted by atomic mass is 10.1. The summed E-state index contributed by atoms with van der Waals surface area (Å²) in [5.41, 5.74) is 1.88. The monoisotopic (exact) mass is 656 g/mol. The standard InChI is InChI=1S/C29H25ClN4O6S3/c30-25-8-11-28-24(20-25)21-29(34(28)42(37,38)26-4-2-1-3-5-26)43(39,40)33-18-16-32(17-19-33)41(35,36)27-9-6-22(7-10-27)23-12-14-31-15-13-23/h1-15,20-21H,16-19H2. The molecule has 0 unspecified atom stereocenters. The van der Waals surface area contributed by atoms with Crippen LogP contribution in [0.25, 0.3) is 22.0 Å². The first-order chi connectivity index (χ1) is 20.5. The van der Waals surface area contributed by atoms with E-state index in [-0.39, 0.29) is 41.5 Å². The van der Waals surface area contributed by atoms with Gasteiger partial charge in [-0.2, -0.15) is 8.61 Å². The minimum absolute atomic E-state index is 0.0789. The smallest absolute Gasteiger partial charge is 0.265 e. The Morgan fingerprint density at radius 3 is 1.77 bits per heavy atom. The number of rotatable bonds is 7. The molecule has 1 saturated heterocycles. The van der Waals surface area contributed by atoms with Crippen LogP contribution in [0.1, 0.15) is 0 Å². The first-order valence-corrected chi connectivity index (χ1v) is 17.8. The third-order valence-corrected chi connectivity index (χ3v) is 13.2. The quantitative estimate of drug-likeness (QED) is 0.256. The minimum Gasteiger partial charge on any atom is -0.265 e. The predicted molar refractivity (Wildman–Crippen MR) is 163 cm³/mol. The second-order valence-corrected chi connectivity index (χ2v) is 15.9. The molecule has 0 aliphatic carbocycles. The lowest BCUT2D eigenvalue weighted by Crippen LogP contribution is -2.50. The fourth-order valence-corrected chi connectivity index (χ4v) is 10.2. The molecular weight excluding hydrogens is 632 g/mol. The molecule has 3 aromatic carbocycles. The highest BCUT2D eigenvalue weighted by Crippen LogP contribution is 2.33. The van der Waals surface area contributed by atoms with Crippen molar-refractivity contribution in [2.75, 3.05) is 26.2 Å². The molecule has 0 radical (unpaired) electrons. The molecule has 6 rings (SSSR count). The van der Waals surface area contributed by atoms with Gasteiger partial charge in [0.15, 0.2) is 5.03 Å². The van der Waals surface area contributed by atoms with Crippen molar-refractivity contribution in [2.45, 2.75) is 14.8 Å². The van der Waals surface area contributed by atoms with Crippen LogP contribution in [0.5, 0.6) is 0 Å². The Balaban J connectivity index is 1.29. The van der Waals surface area contributed by atoms with E-state index >= 15 is 0 Å². The SMILES string of the molecule is O=S(=O)(c1ccc(-c2ccncc2)cc1)N1CCN(S(=O)(=O)c2cc3cc(Cl)ccc3n2S(=O)(=O)c2ccccc2)CC1. The van der Waals surface area contributed by atoms with Gasteiger partial charge in [-0.05, 0) is 71.8 Å². The lowest BCUT2D eigenvalue weighted by molar-refractivity contribution is 0.272. The number of piperazine rings is 1. The first-order valence-electron chi connectivity index (χ1n) is 13.1. The molecule has 0 bridgehead atoms. The molecule has 0 saturated carbocycles. The van der Waals surface area contributed by atoms with Gasteiger partial charge < -0.3 is 0 Å². The largest absolute Gasteiger partial charge is 0.269 e.